The van der Waals surface area contributed by atoms with Crippen molar-refractivity contribution in [3.8, 4) is 22.7 Å². The van der Waals surface area contributed by atoms with E-state index in [0.29, 0.717) is 11.8 Å². The highest BCUT2D eigenvalue weighted by atomic mass is 16.3. The SMILES string of the molecule is Cc1nc(-n2cnnc2)ccc1-c1cc(O)cc(CC[C@H]2CCCCN2)c1. The number of nitrogens with zero attached hydrogens (tertiary/aromatic N) is 4. The number of phenolic OH excluding ortho intramolecular Hbond substituents is 1. The highest BCUT2D eigenvalue weighted by Gasteiger charge is 2.13. The van der Waals surface area contributed by atoms with Gasteiger partial charge in [0.2, 0.25) is 0 Å². The van der Waals surface area contributed by atoms with Gasteiger partial charge < -0.3 is 10.4 Å². The van der Waals surface area contributed by atoms with E-state index in [2.05, 4.69) is 26.6 Å². The molecule has 6 heteroatoms. The van der Waals surface area contributed by atoms with Gasteiger partial charge in [0.1, 0.15) is 24.2 Å². The number of piperidine rings is 1. The summed E-state index contributed by atoms with van der Waals surface area (Å²) in [6.07, 6.45) is 9.17. The van der Waals surface area contributed by atoms with Gasteiger partial charge in [0.05, 0.1) is 0 Å². The van der Waals surface area contributed by atoms with Gasteiger partial charge in [-0.15, -0.1) is 10.2 Å². The molecule has 1 aliphatic heterocycles. The summed E-state index contributed by atoms with van der Waals surface area (Å²) in [6, 6.07) is 10.4. The third-order valence-electron chi connectivity index (χ3n) is 5.24. The number of aryl methyl sites for hydroxylation is 2. The van der Waals surface area contributed by atoms with Gasteiger partial charge >= 0.3 is 0 Å². The number of hydrogen-bond donors (Lipinski definition) is 2. The predicted octanol–water partition coefficient (Wildman–Crippen LogP) is 3.42. The number of benzene rings is 1. The molecule has 6 nitrogen and oxygen atoms in total. The van der Waals surface area contributed by atoms with Crippen LogP contribution in [0.4, 0.5) is 0 Å². The molecule has 0 spiro atoms. The molecule has 140 valence electrons. The Hall–Kier alpha value is -2.73. The monoisotopic (exact) mass is 363 g/mol. The van der Waals surface area contributed by atoms with Crippen molar-refractivity contribution in [2.24, 2.45) is 0 Å². The van der Waals surface area contributed by atoms with Crippen molar-refractivity contribution >= 4 is 0 Å². The smallest absolute Gasteiger partial charge is 0.139 e. The Kier molecular flexibility index (Phi) is 5.16. The number of phenols is 1. The number of pyridine rings is 1. The van der Waals surface area contributed by atoms with Crippen molar-refractivity contribution in [2.75, 3.05) is 6.54 Å². The van der Waals surface area contributed by atoms with Crippen LogP contribution in [0.15, 0.2) is 43.0 Å². The molecule has 3 heterocycles. The van der Waals surface area contributed by atoms with Crippen LogP contribution in [-0.4, -0.2) is 37.4 Å². The van der Waals surface area contributed by atoms with E-state index >= 15 is 0 Å². The van der Waals surface area contributed by atoms with Crippen LogP contribution in [0.25, 0.3) is 16.9 Å². The highest BCUT2D eigenvalue weighted by molar-refractivity contribution is 5.68. The number of aromatic hydroxyl groups is 1. The number of nitrogens with one attached hydrogen (secondary N) is 1. The van der Waals surface area contributed by atoms with E-state index in [1.54, 1.807) is 17.2 Å². The maximum Gasteiger partial charge on any atom is 0.139 e. The fourth-order valence-electron chi connectivity index (χ4n) is 3.80. The first-order valence-corrected chi connectivity index (χ1v) is 9.58. The third-order valence-corrected chi connectivity index (χ3v) is 5.24. The molecule has 27 heavy (non-hydrogen) atoms. The van der Waals surface area contributed by atoms with Crippen LogP contribution < -0.4 is 5.32 Å². The molecule has 4 rings (SSSR count). The van der Waals surface area contributed by atoms with Gasteiger partial charge in [-0.25, -0.2) is 4.98 Å². The molecule has 0 unspecified atom stereocenters. The first-order chi connectivity index (χ1) is 13.2. The van der Waals surface area contributed by atoms with Crippen LogP contribution in [0.2, 0.25) is 0 Å². The van der Waals surface area contributed by atoms with E-state index in [1.165, 1.54) is 24.8 Å². The second-order valence-electron chi connectivity index (χ2n) is 7.25. The quantitative estimate of drug-likeness (QED) is 0.726. The molecular weight excluding hydrogens is 338 g/mol. The Labute approximate surface area is 159 Å². The summed E-state index contributed by atoms with van der Waals surface area (Å²) in [6.45, 7) is 3.11. The minimum absolute atomic E-state index is 0.307. The lowest BCUT2D eigenvalue weighted by Gasteiger charge is -2.23. The molecular formula is C21H25N5O. The van der Waals surface area contributed by atoms with Crippen molar-refractivity contribution in [2.45, 2.75) is 45.1 Å². The maximum absolute atomic E-state index is 10.2. The van der Waals surface area contributed by atoms with Crippen molar-refractivity contribution in [1.29, 1.82) is 0 Å². The zero-order valence-corrected chi connectivity index (χ0v) is 15.6. The highest BCUT2D eigenvalue weighted by Crippen LogP contribution is 2.29. The summed E-state index contributed by atoms with van der Waals surface area (Å²) in [5.74, 6) is 1.09. The van der Waals surface area contributed by atoms with Gasteiger partial charge in [-0.1, -0.05) is 12.5 Å². The van der Waals surface area contributed by atoms with Gasteiger partial charge in [-0.05, 0) is 74.5 Å². The summed E-state index contributed by atoms with van der Waals surface area (Å²) < 4.78 is 1.78. The van der Waals surface area contributed by atoms with Gasteiger partial charge in [0, 0.05) is 17.3 Å². The normalized spacial score (nSPS) is 17.1. The van der Waals surface area contributed by atoms with Crippen LogP contribution in [-0.2, 0) is 6.42 Å². The fraction of sp³-hybridized carbons (Fsp3) is 0.381. The topological polar surface area (TPSA) is 75.9 Å². The van der Waals surface area contributed by atoms with Crippen molar-refractivity contribution in [3.05, 3.63) is 54.2 Å². The predicted molar refractivity (Wildman–Crippen MR) is 105 cm³/mol. The molecule has 0 radical (unpaired) electrons. The van der Waals surface area contributed by atoms with Crippen molar-refractivity contribution < 1.29 is 5.11 Å². The molecule has 0 bridgehead atoms. The Morgan fingerprint density at radius 3 is 2.74 bits per heavy atom. The third kappa shape index (κ3) is 4.17. The molecule has 0 aliphatic carbocycles. The van der Waals surface area contributed by atoms with Crippen molar-refractivity contribution in [1.82, 2.24) is 25.1 Å². The Morgan fingerprint density at radius 1 is 1.15 bits per heavy atom. The van der Waals surface area contributed by atoms with E-state index in [1.807, 2.05) is 31.2 Å². The zero-order chi connectivity index (χ0) is 18.6. The summed E-state index contributed by atoms with van der Waals surface area (Å²) in [7, 11) is 0. The fourth-order valence-corrected chi connectivity index (χ4v) is 3.80. The molecule has 1 fully saturated rings. The second kappa shape index (κ2) is 7.88. The van der Waals surface area contributed by atoms with Gasteiger partial charge in [0.15, 0.2) is 0 Å². The molecule has 1 saturated heterocycles. The number of aromatic nitrogens is 4. The molecule has 2 aromatic heterocycles. The second-order valence-corrected chi connectivity index (χ2v) is 7.25. The van der Waals surface area contributed by atoms with Crippen LogP contribution in [0.1, 0.15) is 36.9 Å². The zero-order valence-electron chi connectivity index (χ0n) is 15.6. The van der Waals surface area contributed by atoms with E-state index in [4.69, 9.17) is 0 Å². The largest absolute Gasteiger partial charge is 0.508 e. The van der Waals surface area contributed by atoms with E-state index in [9.17, 15) is 5.11 Å². The van der Waals surface area contributed by atoms with Crippen LogP contribution in [0, 0.1) is 6.92 Å². The van der Waals surface area contributed by atoms with Gasteiger partial charge in [-0.3, -0.25) is 4.57 Å². The maximum atomic E-state index is 10.2. The van der Waals surface area contributed by atoms with E-state index in [-0.39, 0.29) is 0 Å². The summed E-state index contributed by atoms with van der Waals surface area (Å²) >= 11 is 0. The van der Waals surface area contributed by atoms with Crippen LogP contribution in [0.5, 0.6) is 5.75 Å². The minimum Gasteiger partial charge on any atom is -0.508 e. The molecule has 0 amide bonds. The molecule has 3 aromatic rings. The lowest BCUT2D eigenvalue weighted by atomic mass is 9.95. The molecule has 2 N–H and O–H groups in total. The summed E-state index contributed by atoms with van der Waals surface area (Å²) in [5.41, 5.74) is 4.10. The Balaban J connectivity index is 1.55. The van der Waals surface area contributed by atoms with Crippen LogP contribution >= 0.6 is 0 Å². The minimum atomic E-state index is 0.307. The average Bonchev–Trinajstić information content (AvgIpc) is 3.21. The molecule has 1 aromatic carbocycles. The Bertz CT molecular complexity index is 901. The first kappa shape index (κ1) is 17.7. The molecule has 0 saturated carbocycles. The Morgan fingerprint density at radius 2 is 2.00 bits per heavy atom. The average molecular weight is 363 g/mol. The number of hydrogen-bond acceptors (Lipinski definition) is 5. The van der Waals surface area contributed by atoms with E-state index in [0.717, 1.165) is 42.0 Å². The standard InChI is InChI=1S/C21H25N5O/c1-15-20(7-8-21(25-15)26-13-23-24-14-26)17-10-16(11-19(27)12-17)5-6-18-4-2-3-9-22-18/h7-8,10-14,18,22,27H,2-6,9H2,1H3/t18-/m1/s1. The molecule has 1 atom stereocenters. The lowest BCUT2D eigenvalue weighted by molar-refractivity contribution is 0.382. The molecule has 1 aliphatic rings. The van der Waals surface area contributed by atoms with E-state index < -0.39 is 0 Å². The summed E-state index contributed by atoms with van der Waals surface area (Å²) in [4.78, 5) is 4.66. The lowest BCUT2D eigenvalue weighted by Crippen LogP contribution is -2.34. The summed E-state index contributed by atoms with van der Waals surface area (Å²) in [5, 5.41) is 21.5. The van der Waals surface area contributed by atoms with Crippen LogP contribution in [0.3, 0.4) is 0 Å². The van der Waals surface area contributed by atoms with Gasteiger partial charge in [-0.2, -0.15) is 0 Å². The van der Waals surface area contributed by atoms with Gasteiger partial charge in [0.25, 0.3) is 0 Å². The number of rotatable bonds is 5. The van der Waals surface area contributed by atoms with Crippen molar-refractivity contribution in [3.63, 3.8) is 0 Å². The first-order valence-electron chi connectivity index (χ1n) is 9.58.